The van der Waals surface area contributed by atoms with Crippen LogP contribution in [0.2, 0.25) is 0 Å². The second kappa shape index (κ2) is 9.09. The average Bonchev–Trinajstić information content (AvgIpc) is 3.15. The first-order valence-electron chi connectivity index (χ1n) is 9.09. The molecule has 150 valence electrons. The minimum Gasteiger partial charge on any atom is -0.341 e. The van der Waals surface area contributed by atoms with Gasteiger partial charge in [0.2, 0.25) is 0 Å². The Hall–Kier alpha value is -3.55. The molecule has 2 aromatic carbocycles. The number of aryl methyl sites for hydroxylation is 1. The molecular formula is C21H20F2N4O2. The quantitative estimate of drug-likeness (QED) is 0.626. The van der Waals surface area contributed by atoms with Crippen molar-refractivity contribution >= 4 is 17.5 Å². The van der Waals surface area contributed by atoms with Crippen LogP contribution in [0.25, 0.3) is 0 Å². The number of halogens is 2. The molecule has 0 saturated carbocycles. The summed E-state index contributed by atoms with van der Waals surface area (Å²) in [5, 5.41) is 9.09. The molecule has 6 nitrogen and oxygen atoms in total. The van der Waals surface area contributed by atoms with Crippen LogP contribution in [0.15, 0.2) is 60.9 Å². The number of benzene rings is 2. The Morgan fingerprint density at radius 1 is 1.07 bits per heavy atom. The Labute approximate surface area is 166 Å². The van der Waals surface area contributed by atoms with Crippen LogP contribution in [0.4, 0.5) is 14.5 Å². The van der Waals surface area contributed by atoms with Crippen LogP contribution in [0.3, 0.4) is 0 Å². The Kier molecular flexibility index (Phi) is 6.33. The molecule has 1 aromatic heterocycles. The highest BCUT2D eigenvalue weighted by molar-refractivity contribution is 6.39. The lowest BCUT2D eigenvalue weighted by Gasteiger charge is -2.19. The molecule has 0 bridgehead atoms. The largest absolute Gasteiger partial charge is 0.341 e. The molecule has 0 saturated heterocycles. The van der Waals surface area contributed by atoms with Gasteiger partial charge in [-0.3, -0.25) is 14.3 Å². The summed E-state index contributed by atoms with van der Waals surface area (Å²) in [6, 6.07) is 10.9. The van der Waals surface area contributed by atoms with Gasteiger partial charge in [-0.25, -0.2) is 8.78 Å². The predicted octanol–water partition coefficient (Wildman–Crippen LogP) is 3.22. The van der Waals surface area contributed by atoms with E-state index in [1.54, 1.807) is 29.1 Å². The van der Waals surface area contributed by atoms with Gasteiger partial charge in [-0.05, 0) is 48.7 Å². The lowest BCUT2D eigenvalue weighted by Crippen LogP contribution is -2.38. The third-order valence-electron chi connectivity index (χ3n) is 4.31. The van der Waals surface area contributed by atoms with Gasteiger partial charge in [0.25, 0.3) is 0 Å². The molecule has 29 heavy (non-hydrogen) atoms. The third-order valence-corrected chi connectivity index (χ3v) is 4.31. The molecule has 0 aliphatic rings. The standard InChI is InChI=1S/C21H20F2N4O2/c1-2-27-13-18(12-24-27)25-20(28)21(29)26-19(15-6-4-8-17(23)11-15)10-14-5-3-7-16(22)9-14/h3-9,11-13,19H,2,10H2,1H3,(H,25,28)(H,26,29)/t19-/m0/s1. The monoisotopic (exact) mass is 398 g/mol. The summed E-state index contributed by atoms with van der Waals surface area (Å²) in [5.74, 6) is -2.66. The van der Waals surface area contributed by atoms with E-state index in [1.807, 2.05) is 6.92 Å². The number of amides is 2. The molecule has 0 fully saturated rings. The van der Waals surface area contributed by atoms with Crippen molar-refractivity contribution in [2.24, 2.45) is 0 Å². The molecule has 0 aliphatic heterocycles. The molecule has 0 radical (unpaired) electrons. The van der Waals surface area contributed by atoms with Crippen LogP contribution in [0, 0.1) is 11.6 Å². The van der Waals surface area contributed by atoms with Gasteiger partial charge in [0, 0.05) is 12.7 Å². The van der Waals surface area contributed by atoms with Crippen LogP contribution in [-0.2, 0) is 22.6 Å². The lowest BCUT2D eigenvalue weighted by molar-refractivity contribution is -0.136. The van der Waals surface area contributed by atoms with E-state index in [1.165, 1.54) is 36.5 Å². The summed E-state index contributed by atoms with van der Waals surface area (Å²) >= 11 is 0. The van der Waals surface area contributed by atoms with Gasteiger partial charge in [-0.15, -0.1) is 0 Å². The molecular weight excluding hydrogens is 378 g/mol. The van der Waals surface area contributed by atoms with Crippen LogP contribution in [0.1, 0.15) is 24.1 Å². The van der Waals surface area contributed by atoms with Crippen molar-refractivity contribution in [2.45, 2.75) is 25.9 Å². The van der Waals surface area contributed by atoms with Crippen molar-refractivity contribution in [1.82, 2.24) is 15.1 Å². The molecule has 3 aromatic rings. The van der Waals surface area contributed by atoms with Crippen LogP contribution < -0.4 is 10.6 Å². The molecule has 0 unspecified atom stereocenters. The van der Waals surface area contributed by atoms with E-state index in [0.29, 0.717) is 23.4 Å². The van der Waals surface area contributed by atoms with Crippen LogP contribution in [0.5, 0.6) is 0 Å². The minimum atomic E-state index is -0.889. The number of rotatable bonds is 6. The highest BCUT2D eigenvalue weighted by atomic mass is 19.1. The maximum Gasteiger partial charge on any atom is 0.313 e. The number of carbonyl (C=O) groups is 2. The molecule has 2 amide bonds. The van der Waals surface area contributed by atoms with Crippen molar-refractivity contribution < 1.29 is 18.4 Å². The molecule has 1 heterocycles. The zero-order valence-corrected chi connectivity index (χ0v) is 15.7. The first-order chi connectivity index (χ1) is 13.9. The smallest absolute Gasteiger partial charge is 0.313 e. The highest BCUT2D eigenvalue weighted by Gasteiger charge is 2.21. The van der Waals surface area contributed by atoms with Crippen molar-refractivity contribution in [1.29, 1.82) is 0 Å². The van der Waals surface area contributed by atoms with Crippen molar-refractivity contribution in [3.8, 4) is 0 Å². The topological polar surface area (TPSA) is 76.0 Å². The first-order valence-corrected chi connectivity index (χ1v) is 9.09. The molecule has 8 heteroatoms. The maximum atomic E-state index is 13.7. The molecule has 2 N–H and O–H groups in total. The zero-order chi connectivity index (χ0) is 20.8. The van der Waals surface area contributed by atoms with E-state index in [0.717, 1.165) is 0 Å². The zero-order valence-electron chi connectivity index (χ0n) is 15.7. The van der Waals surface area contributed by atoms with Crippen LogP contribution in [-0.4, -0.2) is 21.6 Å². The van der Waals surface area contributed by atoms with Crippen LogP contribution >= 0.6 is 0 Å². The van der Waals surface area contributed by atoms with Gasteiger partial charge in [0.15, 0.2) is 0 Å². The van der Waals surface area contributed by atoms with Crippen molar-refractivity contribution in [3.63, 3.8) is 0 Å². The third kappa shape index (κ3) is 5.47. The fourth-order valence-electron chi connectivity index (χ4n) is 2.89. The van der Waals surface area contributed by atoms with Gasteiger partial charge in [-0.1, -0.05) is 24.3 Å². The van der Waals surface area contributed by atoms with Gasteiger partial charge in [0.1, 0.15) is 11.6 Å². The minimum absolute atomic E-state index is 0.188. The fourth-order valence-corrected chi connectivity index (χ4v) is 2.89. The van der Waals surface area contributed by atoms with E-state index in [-0.39, 0.29) is 6.42 Å². The average molecular weight is 398 g/mol. The summed E-state index contributed by atoms with van der Waals surface area (Å²) in [5.41, 5.74) is 1.46. The number of nitrogens with zero attached hydrogens (tertiary/aromatic N) is 2. The first kappa shape index (κ1) is 20.2. The lowest BCUT2D eigenvalue weighted by atomic mass is 9.98. The molecule has 0 spiro atoms. The van der Waals surface area contributed by atoms with E-state index >= 15 is 0 Å². The van der Waals surface area contributed by atoms with Crippen molar-refractivity contribution in [3.05, 3.63) is 83.7 Å². The van der Waals surface area contributed by atoms with E-state index in [2.05, 4.69) is 15.7 Å². The Morgan fingerprint density at radius 3 is 2.45 bits per heavy atom. The highest BCUT2D eigenvalue weighted by Crippen LogP contribution is 2.20. The van der Waals surface area contributed by atoms with E-state index in [9.17, 15) is 18.4 Å². The fraction of sp³-hybridized carbons (Fsp3) is 0.190. The van der Waals surface area contributed by atoms with Gasteiger partial charge < -0.3 is 10.6 Å². The number of hydrogen-bond donors (Lipinski definition) is 2. The summed E-state index contributed by atoms with van der Waals surface area (Å²) in [4.78, 5) is 24.7. The summed E-state index contributed by atoms with van der Waals surface area (Å²) in [6.07, 6.45) is 3.22. The summed E-state index contributed by atoms with van der Waals surface area (Å²) in [6.45, 7) is 2.51. The normalized spacial score (nSPS) is 11.7. The second-order valence-corrected chi connectivity index (χ2v) is 6.45. The van der Waals surface area contributed by atoms with E-state index in [4.69, 9.17) is 0 Å². The van der Waals surface area contributed by atoms with Gasteiger partial charge in [0.05, 0.1) is 17.9 Å². The Bertz CT molecular complexity index is 1020. The molecule has 1 atom stereocenters. The number of hydrogen-bond acceptors (Lipinski definition) is 3. The SMILES string of the molecule is CCn1cc(NC(=O)C(=O)N[C@@H](Cc2cccc(F)c2)c2cccc(F)c2)cn1. The summed E-state index contributed by atoms with van der Waals surface area (Å²) < 4.78 is 28.8. The number of aromatic nitrogens is 2. The Balaban J connectivity index is 1.76. The number of nitrogens with one attached hydrogen (secondary N) is 2. The summed E-state index contributed by atoms with van der Waals surface area (Å²) in [7, 11) is 0. The van der Waals surface area contributed by atoms with Crippen molar-refractivity contribution in [2.75, 3.05) is 5.32 Å². The Morgan fingerprint density at radius 2 is 1.79 bits per heavy atom. The second-order valence-electron chi connectivity index (χ2n) is 6.45. The maximum absolute atomic E-state index is 13.7. The number of carbonyl (C=O) groups excluding carboxylic acids is 2. The van der Waals surface area contributed by atoms with Gasteiger partial charge >= 0.3 is 11.8 Å². The molecule has 0 aliphatic carbocycles. The van der Waals surface area contributed by atoms with Gasteiger partial charge in [-0.2, -0.15) is 5.10 Å². The predicted molar refractivity (Wildman–Crippen MR) is 104 cm³/mol. The number of anilines is 1. The molecule has 3 rings (SSSR count). The van der Waals surface area contributed by atoms with E-state index < -0.39 is 29.5 Å².